The van der Waals surface area contributed by atoms with Gasteiger partial charge in [0.25, 0.3) is 0 Å². The normalized spacial score (nSPS) is 14.8. The Bertz CT molecular complexity index is 258. The first-order chi connectivity index (χ1) is 7.47. The van der Waals surface area contributed by atoms with Gasteiger partial charge >= 0.3 is 6.09 Å². The van der Waals surface area contributed by atoms with E-state index in [-0.39, 0.29) is 6.09 Å². The first kappa shape index (κ1) is 12.7. The van der Waals surface area contributed by atoms with E-state index in [0.717, 1.165) is 19.6 Å². The number of hydrogen-bond donors (Lipinski definition) is 2. The molecule has 0 spiro atoms. The molecule has 5 nitrogen and oxygen atoms in total. The minimum Gasteiger partial charge on any atom is -0.444 e. The quantitative estimate of drug-likeness (QED) is 0.709. The van der Waals surface area contributed by atoms with Gasteiger partial charge in [0.15, 0.2) is 0 Å². The van der Waals surface area contributed by atoms with Gasteiger partial charge < -0.3 is 20.3 Å². The van der Waals surface area contributed by atoms with Gasteiger partial charge in [-0.05, 0) is 27.2 Å². The molecule has 0 atom stereocenters. The van der Waals surface area contributed by atoms with Crippen LogP contribution in [-0.4, -0.2) is 36.4 Å². The van der Waals surface area contributed by atoms with E-state index in [1.807, 2.05) is 33.2 Å². The van der Waals surface area contributed by atoms with Crippen molar-refractivity contribution in [1.29, 1.82) is 0 Å². The monoisotopic (exact) mass is 227 g/mol. The third-order valence-corrected chi connectivity index (χ3v) is 1.99. The molecular weight excluding hydrogens is 206 g/mol. The second-order valence-electron chi connectivity index (χ2n) is 4.77. The molecule has 0 aromatic rings. The molecule has 1 aliphatic rings. The maximum absolute atomic E-state index is 11.3. The number of hydrogen-bond acceptors (Lipinski definition) is 4. The molecule has 0 aromatic heterocycles. The molecule has 92 valence electrons. The first-order valence-electron chi connectivity index (χ1n) is 5.58. The summed E-state index contributed by atoms with van der Waals surface area (Å²) in [5, 5.41) is 5.82. The fourth-order valence-electron chi connectivity index (χ4n) is 1.32. The summed E-state index contributed by atoms with van der Waals surface area (Å²) >= 11 is 0. The van der Waals surface area contributed by atoms with Crippen LogP contribution in [0.2, 0.25) is 0 Å². The van der Waals surface area contributed by atoms with Gasteiger partial charge in [-0.15, -0.1) is 0 Å². The van der Waals surface area contributed by atoms with Gasteiger partial charge in [0, 0.05) is 25.5 Å². The zero-order valence-corrected chi connectivity index (χ0v) is 10.2. The van der Waals surface area contributed by atoms with Gasteiger partial charge in [0.05, 0.1) is 6.67 Å². The molecule has 0 saturated heterocycles. The molecule has 5 heteroatoms. The van der Waals surface area contributed by atoms with E-state index < -0.39 is 5.60 Å². The highest BCUT2D eigenvalue weighted by molar-refractivity contribution is 5.67. The molecule has 0 fully saturated rings. The number of carbonyl (C=O) groups excluding carboxylic acids is 1. The van der Waals surface area contributed by atoms with Gasteiger partial charge in [-0.2, -0.15) is 0 Å². The minimum absolute atomic E-state index is 0.345. The second kappa shape index (κ2) is 5.63. The molecular formula is C11H21N3O2. The number of nitrogens with zero attached hydrogens (tertiary/aromatic N) is 1. The van der Waals surface area contributed by atoms with Crippen molar-refractivity contribution in [2.75, 3.05) is 19.8 Å². The molecule has 0 aliphatic carbocycles. The van der Waals surface area contributed by atoms with E-state index in [2.05, 4.69) is 15.5 Å². The third kappa shape index (κ3) is 5.48. The molecule has 1 rings (SSSR count). The van der Waals surface area contributed by atoms with Gasteiger partial charge in [-0.1, -0.05) is 0 Å². The van der Waals surface area contributed by atoms with Gasteiger partial charge in [-0.25, -0.2) is 4.79 Å². The summed E-state index contributed by atoms with van der Waals surface area (Å²) in [5.41, 5.74) is -0.425. The zero-order chi connectivity index (χ0) is 12.0. The Morgan fingerprint density at radius 3 is 2.88 bits per heavy atom. The molecule has 1 aliphatic heterocycles. The van der Waals surface area contributed by atoms with Crippen molar-refractivity contribution in [3.63, 3.8) is 0 Å². The van der Waals surface area contributed by atoms with Crippen LogP contribution < -0.4 is 10.6 Å². The standard InChI is InChI=1S/C11H21N3O2/c1-11(2,3)16-10(15)13-5-4-7-14-8-6-12-9-14/h6,8,12H,4-5,7,9H2,1-3H3,(H,13,15). The molecule has 0 aromatic carbocycles. The fourth-order valence-corrected chi connectivity index (χ4v) is 1.32. The van der Waals surface area contributed by atoms with E-state index in [0.29, 0.717) is 6.54 Å². The maximum atomic E-state index is 11.3. The Balaban J connectivity index is 2.02. The van der Waals surface area contributed by atoms with Crippen LogP contribution in [0.4, 0.5) is 4.79 Å². The van der Waals surface area contributed by atoms with E-state index in [1.165, 1.54) is 0 Å². The maximum Gasteiger partial charge on any atom is 0.407 e. The lowest BCUT2D eigenvalue weighted by Gasteiger charge is -2.20. The Labute approximate surface area is 96.8 Å². The highest BCUT2D eigenvalue weighted by Gasteiger charge is 2.15. The summed E-state index contributed by atoms with van der Waals surface area (Å²) < 4.78 is 5.12. The van der Waals surface area contributed by atoms with Crippen molar-refractivity contribution in [3.05, 3.63) is 12.4 Å². The number of alkyl carbamates (subject to hydrolysis) is 1. The molecule has 1 amide bonds. The molecule has 16 heavy (non-hydrogen) atoms. The van der Waals surface area contributed by atoms with Crippen molar-refractivity contribution >= 4 is 6.09 Å². The summed E-state index contributed by atoms with van der Waals surface area (Å²) in [6.07, 6.45) is 4.49. The number of ether oxygens (including phenoxy) is 1. The highest BCUT2D eigenvalue weighted by Crippen LogP contribution is 2.06. The Hall–Kier alpha value is -1.39. The van der Waals surface area contributed by atoms with Gasteiger partial charge in [0.2, 0.25) is 0 Å². The minimum atomic E-state index is -0.425. The van der Waals surface area contributed by atoms with Crippen molar-refractivity contribution in [1.82, 2.24) is 15.5 Å². The SMILES string of the molecule is CC(C)(C)OC(=O)NCCCN1C=CNC1. The van der Waals surface area contributed by atoms with Crippen molar-refractivity contribution < 1.29 is 9.53 Å². The summed E-state index contributed by atoms with van der Waals surface area (Å²) in [4.78, 5) is 13.4. The number of amides is 1. The van der Waals surface area contributed by atoms with E-state index in [9.17, 15) is 4.79 Å². The summed E-state index contributed by atoms with van der Waals surface area (Å²) in [6, 6.07) is 0. The Morgan fingerprint density at radius 2 is 2.31 bits per heavy atom. The molecule has 2 N–H and O–H groups in total. The fraction of sp³-hybridized carbons (Fsp3) is 0.727. The van der Waals surface area contributed by atoms with Crippen LogP contribution in [0.15, 0.2) is 12.4 Å². The molecule has 1 heterocycles. The van der Waals surface area contributed by atoms with Crippen molar-refractivity contribution in [2.24, 2.45) is 0 Å². The van der Waals surface area contributed by atoms with Crippen LogP contribution in [0.5, 0.6) is 0 Å². The van der Waals surface area contributed by atoms with E-state index >= 15 is 0 Å². The summed E-state index contributed by atoms with van der Waals surface area (Å²) in [5.74, 6) is 0. The van der Waals surface area contributed by atoms with Gasteiger partial charge in [0.1, 0.15) is 5.60 Å². The lowest BCUT2D eigenvalue weighted by molar-refractivity contribution is 0.0526. The predicted octanol–water partition coefficient (Wildman–Crippen LogP) is 1.24. The first-order valence-corrected chi connectivity index (χ1v) is 5.58. The average Bonchev–Trinajstić information content (AvgIpc) is 2.62. The average molecular weight is 227 g/mol. The smallest absolute Gasteiger partial charge is 0.407 e. The van der Waals surface area contributed by atoms with Crippen LogP contribution in [0.1, 0.15) is 27.2 Å². The molecule has 0 saturated carbocycles. The van der Waals surface area contributed by atoms with Crippen molar-refractivity contribution in [2.45, 2.75) is 32.8 Å². The number of carbonyl (C=O) groups is 1. The highest BCUT2D eigenvalue weighted by atomic mass is 16.6. The Kier molecular flexibility index (Phi) is 4.46. The van der Waals surface area contributed by atoms with Gasteiger partial charge in [-0.3, -0.25) is 0 Å². The molecule has 0 radical (unpaired) electrons. The van der Waals surface area contributed by atoms with E-state index in [4.69, 9.17) is 4.74 Å². The lowest BCUT2D eigenvalue weighted by atomic mass is 10.2. The van der Waals surface area contributed by atoms with Crippen LogP contribution >= 0.6 is 0 Å². The van der Waals surface area contributed by atoms with Crippen molar-refractivity contribution in [3.8, 4) is 0 Å². The molecule has 0 bridgehead atoms. The van der Waals surface area contributed by atoms with Crippen LogP contribution in [0.25, 0.3) is 0 Å². The Morgan fingerprint density at radius 1 is 1.56 bits per heavy atom. The summed E-state index contributed by atoms with van der Waals surface area (Å²) in [7, 11) is 0. The number of nitrogens with one attached hydrogen (secondary N) is 2. The van der Waals surface area contributed by atoms with E-state index in [1.54, 1.807) is 0 Å². The predicted molar refractivity (Wildman–Crippen MR) is 62.7 cm³/mol. The largest absolute Gasteiger partial charge is 0.444 e. The summed E-state index contributed by atoms with van der Waals surface area (Å²) in [6.45, 7) is 7.98. The lowest BCUT2D eigenvalue weighted by Crippen LogP contribution is -2.34. The topological polar surface area (TPSA) is 53.6 Å². The van der Waals surface area contributed by atoms with Crippen LogP contribution in [-0.2, 0) is 4.74 Å². The van der Waals surface area contributed by atoms with Crippen LogP contribution in [0.3, 0.4) is 0 Å². The van der Waals surface area contributed by atoms with Crippen LogP contribution in [0, 0.1) is 0 Å². The third-order valence-electron chi connectivity index (χ3n) is 1.99. The zero-order valence-electron chi connectivity index (χ0n) is 10.2. The number of rotatable bonds is 4. The molecule has 0 unspecified atom stereocenters. The second-order valence-corrected chi connectivity index (χ2v) is 4.77.